The average Bonchev–Trinajstić information content (AvgIpc) is 3.42. The summed E-state index contributed by atoms with van der Waals surface area (Å²) >= 11 is 1.70. The summed E-state index contributed by atoms with van der Waals surface area (Å²) in [7, 11) is 1.55. The second kappa shape index (κ2) is 7.23. The van der Waals surface area contributed by atoms with Gasteiger partial charge in [-0.2, -0.15) is 0 Å². The van der Waals surface area contributed by atoms with Crippen LogP contribution in [0.1, 0.15) is 37.0 Å². The second-order valence-corrected chi connectivity index (χ2v) is 7.91. The summed E-state index contributed by atoms with van der Waals surface area (Å²) < 4.78 is 10.9. The van der Waals surface area contributed by atoms with Crippen LogP contribution in [0.25, 0.3) is 0 Å². The van der Waals surface area contributed by atoms with E-state index in [0.29, 0.717) is 18.3 Å². The Hall–Kier alpha value is -2.15. The first kappa shape index (κ1) is 17.3. The number of carbonyl (C=O) groups is 1. The van der Waals surface area contributed by atoms with E-state index in [1.165, 1.54) is 4.88 Å². The first-order valence-electron chi connectivity index (χ1n) is 9.09. The second-order valence-electron chi connectivity index (χ2n) is 6.96. The quantitative estimate of drug-likeness (QED) is 0.806. The van der Waals surface area contributed by atoms with Gasteiger partial charge in [0.2, 0.25) is 17.7 Å². The van der Waals surface area contributed by atoms with Crippen LogP contribution >= 0.6 is 11.3 Å². The van der Waals surface area contributed by atoms with Crippen LogP contribution in [0.2, 0.25) is 0 Å². The number of rotatable bonds is 5. The molecule has 2 aliphatic rings. The summed E-state index contributed by atoms with van der Waals surface area (Å²) in [6.45, 7) is 1.35. The molecule has 0 aromatic carbocycles. The van der Waals surface area contributed by atoms with Crippen LogP contribution in [0.4, 0.5) is 0 Å². The van der Waals surface area contributed by atoms with Crippen molar-refractivity contribution in [3.8, 4) is 11.8 Å². The van der Waals surface area contributed by atoms with E-state index in [2.05, 4.69) is 21.6 Å². The predicted molar refractivity (Wildman–Crippen MR) is 98.7 cm³/mol. The molecule has 2 aromatic rings. The minimum atomic E-state index is -0.316. The van der Waals surface area contributed by atoms with Gasteiger partial charge in [-0.05, 0) is 24.3 Å². The minimum Gasteiger partial charge on any atom is -0.480 e. The third-order valence-electron chi connectivity index (χ3n) is 5.40. The minimum absolute atomic E-state index is 0.0385. The van der Waals surface area contributed by atoms with Gasteiger partial charge in [-0.1, -0.05) is 18.9 Å². The smallest absolute Gasteiger partial charge is 0.234 e. The van der Waals surface area contributed by atoms with Gasteiger partial charge in [0.05, 0.1) is 19.1 Å². The number of carbonyl (C=O) groups excluding carboxylic acids is 1. The molecule has 7 heteroatoms. The summed E-state index contributed by atoms with van der Waals surface area (Å²) in [5, 5.41) is 10.0. The van der Waals surface area contributed by atoms with E-state index < -0.39 is 0 Å². The number of amides is 1. The van der Waals surface area contributed by atoms with Crippen LogP contribution < -0.4 is 9.47 Å². The molecule has 1 aliphatic carbocycles. The lowest BCUT2D eigenvalue weighted by Gasteiger charge is -2.31. The van der Waals surface area contributed by atoms with Crippen molar-refractivity contribution in [3.63, 3.8) is 0 Å². The fraction of sp³-hybridized carbons (Fsp3) is 0.526. The molecule has 0 bridgehead atoms. The summed E-state index contributed by atoms with van der Waals surface area (Å²) in [5.74, 6) is 1.20. The van der Waals surface area contributed by atoms with Gasteiger partial charge >= 0.3 is 0 Å². The highest BCUT2D eigenvalue weighted by atomic mass is 32.1. The number of nitrogens with zero attached hydrogens (tertiary/aromatic N) is 3. The van der Waals surface area contributed by atoms with Crippen molar-refractivity contribution in [1.29, 1.82) is 0 Å². The fourth-order valence-electron chi connectivity index (χ4n) is 4.06. The van der Waals surface area contributed by atoms with E-state index in [1.807, 2.05) is 11.0 Å². The highest BCUT2D eigenvalue weighted by molar-refractivity contribution is 7.10. The summed E-state index contributed by atoms with van der Waals surface area (Å²) in [6.07, 6.45) is 4.94. The summed E-state index contributed by atoms with van der Waals surface area (Å²) in [5.41, 5.74) is -0.316. The number of thiophene rings is 1. The van der Waals surface area contributed by atoms with E-state index in [4.69, 9.17) is 9.47 Å². The lowest BCUT2D eigenvalue weighted by Crippen LogP contribution is -2.44. The van der Waals surface area contributed by atoms with Gasteiger partial charge in [0.25, 0.3) is 0 Å². The molecule has 6 nitrogen and oxygen atoms in total. The van der Waals surface area contributed by atoms with Crippen molar-refractivity contribution in [2.45, 2.75) is 43.6 Å². The van der Waals surface area contributed by atoms with Gasteiger partial charge in [0.1, 0.15) is 6.10 Å². The van der Waals surface area contributed by atoms with Crippen LogP contribution in [-0.4, -0.2) is 47.3 Å². The number of ether oxygens (including phenoxy) is 2. The number of aromatic nitrogens is 2. The molecule has 3 heterocycles. The topological polar surface area (TPSA) is 64.6 Å². The number of methoxy groups -OCH3 is 1. The molecule has 1 atom stereocenters. The van der Waals surface area contributed by atoms with E-state index in [0.717, 1.165) is 38.6 Å². The maximum Gasteiger partial charge on any atom is 0.234 e. The molecule has 0 spiro atoms. The van der Waals surface area contributed by atoms with Gasteiger partial charge in [-0.3, -0.25) is 4.79 Å². The predicted octanol–water partition coefficient (Wildman–Crippen LogP) is 3.04. The molecule has 0 radical (unpaired) electrons. The van der Waals surface area contributed by atoms with E-state index in [9.17, 15) is 4.79 Å². The SMILES string of the molecule is COc1ccc(OC2CCN(C(=O)C3(c4cccs4)CCCC3)C2)nn1. The molecule has 0 N–H and O–H groups in total. The average molecular weight is 373 g/mol. The maximum atomic E-state index is 13.4. The fourth-order valence-corrected chi connectivity index (χ4v) is 5.03. The monoisotopic (exact) mass is 373 g/mol. The van der Waals surface area contributed by atoms with Crippen LogP contribution in [0.5, 0.6) is 11.8 Å². The first-order chi connectivity index (χ1) is 12.7. The van der Waals surface area contributed by atoms with Gasteiger partial charge in [-0.15, -0.1) is 21.5 Å². The van der Waals surface area contributed by atoms with Crippen molar-refractivity contribution in [2.24, 2.45) is 0 Å². The highest BCUT2D eigenvalue weighted by Gasteiger charge is 2.47. The van der Waals surface area contributed by atoms with Crippen molar-refractivity contribution >= 4 is 17.2 Å². The van der Waals surface area contributed by atoms with Crippen LogP contribution in [0, 0.1) is 0 Å². The standard InChI is InChI=1S/C19H23N3O3S/c1-24-16-6-7-17(21-20-16)25-14-8-11-22(13-14)18(23)19(9-2-3-10-19)15-5-4-12-26-15/h4-7,12,14H,2-3,8-11,13H2,1H3. The lowest BCUT2D eigenvalue weighted by atomic mass is 9.83. The van der Waals surface area contributed by atoms with Crippen molar-refractivity contribution in [1.82, 2.24) is 15.1 Å². The Morgan fingerprint density at radius 1 is 1.23 bits per heavy atom. The Morgan fingerprint density at radius 2 is 2.00 bits per heavy atom. The third-order valence-corrected chi connectivity index (χ3v) is 6.48. The zero-order valence-electron chi connectivity index (χ0n) is 14.9. The molecular weight excluding hydrogens is 350 g/mol. The molecule has 1 amide bonds. The van der Waals surface area contributed by atoms with Crippen LogP contribution in [0.3, 0.4) is 0 Å². The molecule has 1 unspecified atom stereocenters. The van der Waals surface area contributed by atoms with E-state index >= 15 is 0 Å². The summed E-state index contributed by atoms with van der Waals surface area (Å²) in [4.78, 5) is 16.6. The molecule has 138 valence electrons. The van der Waals surface area contributed by atoms with Gasteiger partial charge in [-0.25, -0.2) is 0 Å². The Labute approximate surface area is 157 Å². The molecule has 1 saturated carbocycles. The Kier molecular flexibility index (Phi) is 4.80. The zero-order valence-corrected chi connectivity index (χ0v) is 15.7. The molecular formula is C19H23N3O3S. The zero-order chi connectivity index (χ0) is 18.0. The maximum absolute atomic E-state index is 13.4. The third kappa shape index (κ3) is 3.16. The van der Waals surface area contributed by atoms with Gasteiger partial charge in [0.15, 0.2) is 0 Å². The number of likely N-dealkylation sites (tertiary alicyclic amines) is 1. The van der Waals surface area contributed by atoms with Crippen LogP contribution in [0.15, 0.2) is 29.6 Å². The molecule has 4 rings (SSSR count). The molecule has 1 saturated heterocycles. The highest BCUT2D eigenvalue weighted by Crippen LogP contribution is 2.45. The van der Waals surface area contributed by atoms with Gasteiger partial charge < -0.3 is 14.4 Å². The molecule has 2 fully saturated rings. The molecule has 26 heavy (non-hydrogen) atoms. The Morgan fingerprint density at radius 3 is 2.65 bits per heavy atom. The van der Waals surface area contributed by atoms with Crippen molar-refractivity contribution in [2.75, 3.05) is 20.2 Å². The van der Waals surface area contributed by atoms with Crippen molar-refractivity contribution in [3.05, 3.63) is 34.5 Å². The summed E-state index contributed by atoms with van der Waals surface area (Å²) in [6, 6.07) is 7.64. The molecule has 2 aromatic heterocycles. The first-order valence-corrected chi connectivity index (χ1v) is 9.97. The largest absolute Gasteiger partial charge is 0.480 e. The molecule has 1 aliphatic heterocycles. The van der Waals surface area contributed by atoms with E-state index in [1.54, 1.807) is 30.6 Å². The van der Waals surface area contributed by atoms with Crippen LogP contribution in [-0.2, 0) is 10.2 Å². The Bertz CT molecular complexity index is 742. The van der Waals surface area contributed by atoms with E-state index in [-0.39, 0.29) is 17.4 Å². The Balaban J connectivity index is 1.43. The van der Waals surface area contributed by atoms with Gasteiger partial charge in [0, 0.05) is 30.0 Å². The normalized spacial score (nSPS) is 21.7. The lowest BCUT2D eigenvalue weighted by molar-refractivity contribution is -0.136. The van der Waals surface area contributed by atoms with Crippen molar-refractivity contribution < 1.29 is 14.3 Å². The number of hydrogen-bond acceptors (Lipinski definition) is 6. The number of hydrogen-bond donors (Lipinski definition) is 0.